The molecular weight excluding hydrogens is 253 g/mol. The molecule has 18 heavy (non-hydrogen) atoms. The van der Waals surface area contributed by atoms with Crippen molar-refractivity contribution in [3.05, 3.63) is 17.3 Å². The molecule has 1 fully saturated rings. The summed E-state index contributed by atoms with van der Waals surface area (Å²) in [7, 11) is 1.81. The molecule has 1 aromatic heterocycles. The lowest BCUT2D eigenvalue weighted by atomic mass is 10.0. The summed E-state index contributed by atoms with van der Waals surface area (Å²) >= 11 is 0. The highest BCUT2D eigenvalue weighted by atomic mass is 19.4. The third-order valence-electron chi connectivity index (χ3n) is 2.87. The SMILES string of the molecule is CN1CCC(c2nc(C(F)(F)F)oc2C(=O)O)C1. The Hall–Kier alpha value is -1.57. The van der Waals surface area contributed by atoms with Crippen LogP contribution in [0.3, 0.4) is 0 Å². The number of aromatic carboxylic acids is 1. The summed E-state index contributed by atoms with van der Waals surface area (Å²) in [5, 5.41) is 8.86. The van der Waals surface area contributed by atoms with Crippen molar-refractivity contribution in [1.82, 2.24) is 9.88 Å². The first-order chi connectivity index (χ1) is 8.29. The summed E-state index contributed by atoms with van der Waals surface area (Å²) in [4.78, 5) is 16.1. The van der Waals surface area contributed by atoms with Gasteiger partial charge >= 0.3 is 18.0 Å². The van der Waals surface area contributed by atoms with Crippen molar-refractivity contribution in [3.63, 3.8) is 0 Å². The number of hydrogen-bond acceptors (Lipinski definition) is 4. The van der Waals surface area contributed by atoms with Crippen LogP contribution in [0.2, 0.25) is 0 Å². The van der Waals surface area contributed by atoms with Crippen LogP contribution >= 0.6 is 0 Å². The smallest absolute Gasteiger partial charge is 0.468 e. The quantitative estimate of drug-likeness (QED) is 0.882. The summed E-state index contributed by atoms with van der Waals surface area (Å²) < 4.78 is 41.7. The van der Waals surface area contributed by atoms with E-state index in [1.807, 2.05) is 11.9 Å². The molecule has 0 spiro atoms. The van der Waals surface area contributed by atoms with Crippen LogP contribution in [-0.2, 0) is 6.18 Å². The van der Waals surface area contributed by atoms with Gasteiger partial charge in [0.25, 0.3) is 0 Å². The van der Waals surface area contributed by atoms with E-state index in [2.05, 4.69) is 9.40 Å². The molecule has 5 nitrogen and oxygen atoms in total. The molecule has 1 saturated heterocycles. The van der Waals surface area contributed by atoms with Crippen molar-refractivity contribution in [2.45, 2.75) is 18.5 Å². The van der Waals surface area contributed by atoms with Crippen LogP contribution in [0.25, 0.3) is 0 Å². The Labute approximate surface area is 100 Å². The molecule has 1 atom stereocenters. The van der Waals surface area contributed by atoms with E-state index in [1.54, 1.807) is 0 Å². The van der Waals surface area contributed by atoms with E-state index in [-0.39, 0.29) is 11.6 Å². The molecule has 1 aliphatic heterocycles. The first-order valence-corrected chi connectivity index (χ1v) is 5.28. The molecule has 1 unspecified atom stereocenters. The number of carboxylic acids is 1. The predicted molar refractivity (Wildman–Crippen MR) is 53.3 cm³/mol. The number of carbonyl (C=O) groups is 1. The molecule has 2 rings (SSSR count). The van der Waals surface area contributed by atoms with Crippen LogP contribution in [0.5, 0.6) is 0 Å². The minimum atomic E-state index is -4.77. The largest absolute Gasteiger partial charge is 0.475 e. The number of rotatable bonds is 2. The Morgan fingerprint density at radius 1 is 1.56 bits per heavy atom. The second-order valence-corrected chi connectivity index (χ2v) is 4.28. The van der Waals surface area contributed by atoms with Gasteiger partial charge in [-0.05, 0) is 20.0 Å². The zero-order valence-corrected chi connectivity index (χ0v) is 9.49. The van der Waals surface area contributed by atoms with Gasteiger partial charge < -0.3 is 14.4 Å². The van der Waals surface area contributed by atoms with Crippen molar-refractivity contribution >= 4 is 5.97 Å². The van der Waals surface area contributed by atoms with E-state index in [0.29, 0.717) is 19.5 Å². The van der Waals surface area contributed by atoms with Gasteiger partial charge in [0.1, 0.15) is 0 Å². The monoisotopic (exact) mass is 264 g/mol. The maximum Gasteiger partial charge on any atom is 0.468 e. The minimum absolute atomic E-state index is 0.112. The molecule has 0 amide bonds. The molecule has 1 aromatic rings. The third kappa shape index (κ3) is 2.33. The fourth-order valence-electron chi connectivity index (χ4n) is 2.04. The average Bonchev–Trinajstić information content (AvgIpc) is 2.81. The predicted octanol–water partition coefficient (Wildman–Crippen LogP) is 1.81. The number of nitrogens with zero attached hydrogens (tertiary/aromatic N) is 2. The summed E-state index contributed by atoms with van der Waals surface area (Å²) in [5.41, 5.74) is -0.112. The topological polar surface area (TPSA) is 66.6 Å². The van der Waals surface area contributed by atoms with E-state index in [9.17, 15) is 18.0 Å². The number of aromatic nitrogens is 1. The maximum atomic E-state index is 12.4. The van der Waals surface area contributed by atoms with Gasteiger partial charge in [0.15, 0.2) is 0 Å². The normalized spacial score (nSPS) is 21.4. The van der Waals surface area contributed by atoms with Crippen molar-refractivity contribution in [3.8, 4) is 0 Å². The molecule has 2 heterocycles. The summed E-state index contributed by atoms with van der Waals surface area (Å²) in [6.45, 7) is 1.17. The highest BCUT2D eigenvalue weighted by Crippen LogP contribution is 2.34. The molecule has 0 bridgehead atoms. The number of likely N-dealkylation sites (N-methyl/N-ethyl adjacent to an activating group) is 1. The zero-order valence-electron chi connectivity index (χ0n) is 9.49. The second-order valence-electron chi connectivity index (χ2n) is 4.28. The highest BCUT2D eigenvalue weighted by molar-refractivity contribution is 5.85. The molecular formula is C10H11F3N2O3. The lowest BCUT2D eigenvalue weighted by Crippen LogP contribution is -2.14. The van der Waals surface area contributed by atoms with Gasteiger partial charge in [-0.2, -0.15) is 13.2 Å². The zero-order chi connectivity index (χ0) is 13.5. The first kappa shape index (κ1) is 12.9. The van der Waals surface area contributed by atoms with Crippen LogP contribution in [-0.4, -0.2) is 41.1 Å². The Morgan fingerprint density at radius 3 is 2.67 bits per heavy atom. The van der Waals surface area contributed by atoms with E-state index in [1.165, 1.54) is 0 Å². The molecule has 100 valence electrons. The van der Waals surface area contributed by atoms with Gasteiger partial charge in [-0.1, -0.05) is 0 Å². The number of alkyl halides is 3. The van der Waals surface area contributed by atoms with Crippen molar-refractivity contribution in [2.75, 3.05) is 20.1 Å². The number of halogens is 3. The van der Waals surface area contributed by atoms with Crippen LogP contribution in [0.1, 0.15) is 34.5 Å². The van der Waals surface area contributed by atoms with Crippen LogP contribution < -0.4 is 0 Å². The summed E-state index contributed by atoms with van der Waals surface area (Å²) in [6, 6.07) is 0. The van der Waals surface area contributed by atoms with Crippen molar-refractivity contribution < 1.29 is 27.5 Å². The Balaban J connectivity index is 2.39. The number of hydrogen-bond donors (Lipinski definition) is 1. The minimum Gasteiger partial charge on any atom is -0.475 e. The van der Waals surface area contributed by atoms with E-state index >= 15 is 0 Å². The van der Waals surface area contributed by atoms with Crippen molar-refractivity contribution in [2.24, 2.45) is 0 Å². The standard InChI is InChI=1S/C10H11F3N2O3/c1-15-3-2-5(4-15)6-7(8(16)17)18-9(14-6)10(11,12)13/h5H,2-4H2,1H3,(H,16,17). The van der Waals surface area contributed by atoms with Gasteiger partial charge in [0, 0.05) is 12.5 Å². The molecule has 0 radical (unpaired) electrons. The maximum absolute atomic E-state index is 12.4. The van der Waals surface area contributed by atoms with E-state index < -0.39 is 23.8 Å². The van der Waals surface area contributed by atoms with Crippen LogP contribution in [0.4, 0.5) is 13.2 Å². The molecule has 8 heteroatoms. The summed E-state index contributed by atoms with van der Waals surface area (Å²) in [5.74, 6) is -4.06. The van der Waals surface area contributed by atoms with Gasteiger partial charge in [0.2, 0.25) is 5.76 Å². The third-order valence-corrected chi connectivity index (χ3v) is 2.87. The Morgan fingerprint density at radius 2 is 2.22 bits per heavy atom. The lowest BCUT2D eigenvalue weighted by molar-refractivity contribution is -0.157. The second kappa shape index (κ2) is 4.27. The molecule has 0 saturated carbocycles. The number of carboxylic acid groups (broad SMARTS) is 1. The van der Waals surface area contributed by atoms with Crippen LogP contribution in [0.15, 0.2) is 4.42 Å². The van der Waals surface area contributed by atoms with Gasteiger partial charge in [-0.3, -0.25) is 0 Å². The lowest BCUT2D eigenvalue weighted by Gasteiger charge is -2.07. The molecule has 1 aliphatic rings. The average molecular weight is 264 g/mol. The van der Waals surface area contributed by atoms with E-state index in [4.69, 9.17) is 5.11 Å². The van der Waals surface area contributed by atoms with Gasteiger partial charge in [0.05, 0.1) is 5.69 Å². The Bertz CT molecular complexity index is 469. The Kier molecular flexibility index (Phi) is 3.05. The van der Waals surface area contributed by atoms with Gasteiger partial charge in [-0.15, -0.1) is 0 Å². The number of oxazole rings is 1. The van der Waals surface area contributed by atoms with Crippen LogP contribution in [0, 0.1) is 0 Å². The fraction of sp³-hybridized carbons (Fsp3) is 0.600. The summed E-state index contributed by atoms with van der Waals surface area (Å²) in [6.07, 6.45) is -4.20. The first-order valence-electron chi connectivity index (χ1n) is 5.28. The fourth-order valence-corrected chi connectivity index (χ4v) is 2.04. The molecule has 0 aromatic carbocycles. The van der Waals surface area contributed by atoms with Gasteiger partial charge in [-0.25, -0.2) is 9.78 Å². The molecule has 1 N–H and O–H groups in total. The highest BCUT2D eigenvalue weighted by Gasteiger charge is 2.41. The number of likely N-dealkylation sites (tertiary alicyclic amines) is 1. The van der Waals surface area contributed by atoms with E-state index in [0.717, 1.165) is 0 Å². The molecule has 0 aliphatic carbocycles. The van der Waals surface area contributed by atoms with Crippen molar-refractivity contribution in [1.29, 1.82) is 0 Å².